The number of allylic oxidation sites excluding steroid dienone is 3. The molecule has 35 heavy (non-hydrogen) atoms. The summed E-state index contributed by atoms with van der Waals surface area (Å²) in [6.45, 7) is 3.62. The summed E-state index contributed by atoms with van der Waals surface area (Å²) in [5.41, 5.74) is -0.137. The quantitative estimate of drug-likeness (QED) is 0.532. The van der Waals surface area contributed by atoms with Crippen molar-refractivity contribution in [3.05, 3.63) is 52.9 Å². The van der Waals surface area contributed by atoms with Gasteiger partial charge in [-0.05, 0) is 63.8 Å². The highest BCUT2D eigenvalue weighted by Gasteiger charge is 2.47. The molecule has 1 fully saturated rings. The van der Waals surface area contributed by atoms with Crippen LogP contribution in [-0.2, 0) is 4.79 Å². The number of aromatic nitrogens is 1. The van der Waals surface area contributed by atoms with Gasteiger partial charge in [0.15, 0.2) is 5.66 Å². The van der Waals surface area contributed by atoms with E-state index in [4.69, 9.17) is 0 Å². The summed E-state index contributed by atoms with van der Waals surface area (Å²) in [5.74, 6) is 0.873. The molecule has 3 heterocycles. The third-order valence-corrected chi connectivity index (χ3v) is 5.93. The zero-order valence-corrected chi connectivity index (χ0v) is 19.8. The van der Waals surface area contributed by atoms with Crippen molar-refractivity contribution in [2.75, 3.05) is 37.8 Å². The summed E-state index contributed by atoms with van der Waals surface area (Å²) in [4.78, 5) is 28.0. The molecule has 1 aromatic rings. The number of anilines is 2. The van der Waals surface area contributed by atoms with Crippen LogP contribution in [0.4, 0.5) is 24.7 Å². The molecule has 0 radical (unpaired) electrons. The highest BCUT2D eigenvalue weighted by atomic mass is 19.4. The first kappa shape index (κ1) is 24.6. The van der Waals surface area contributed by atoms with Gasteiger partial charge in [-0.25, -0.2) is 9.98 Å². The van der Waals surface area contributed by atoms with Crippen molar-refractivity contribution in [2.45, 2.75) is 38.0 Å². The standard InChI is InChI=1S/C24H28F3N7O/c1-15-20(5-6-21(31-15)28-8-4-10-34(2)3)32-22-29-14-18-13-19(35)12-17-11-16(24(25,26)27)7-9-30-23(17,18)33-22/h5-7,9,11,14H,4,8,10,12-13H2,1-3H3,(H,28,31)(H2,29,32,33). The number of aryl methyl sites for hydroxylation is 1. The molecule has 0 saturated heterocycles. The monoisotopic (exact) mass is 487 g/mol. The minimum Gasteiger partial charge on any atom is -0.370 e. The average Bonchev–Trinajstić information content (AvgIpc) is 2.96. The summed E-state index contributed by atoms with van der Waals surface area (Å²) in [5, 5.41) is 9.47. The average molecular weight is 488 g/mol. The second-order valence-corrected chi connectivity index (χ2v) is 8.94. The fourth-order valence-corrected chi connectivity index (χ4v) is 4.16. The van der Waals surface area contributed by atoms with Crippen LogP contribution < -0.4 is 16.0 Å². The van der Waals surface area contributed by atoms with Crippen LogP contribution in [0.15, 0.2) is 57.2 Å². The number of Topliss-reactive ketones (excluding diaryl/α,β-unsaturated/α-hetero) is 1. The minimum absolute atomic E-state index is 0.0641. The fourth-order valence-electron chi connectivity index (χ4n) is 4.16. The number of alkyl halides is 3. The Balaban J connectivity index is 1.56. The smallest absolute Gasteiger partial charge is 0.370 e. The van der Waals surface area contributed by atoms with Crippen LogP contribution in [0, 0.1) is 6.92 Å². The van der Waals surface area contributed by atoms with E-state index >= 15 is 0 Å². The number of carbonyl (C=O) groups excluding carboxylic acids is 1. The van der Waals surface area contributed by atoms with E-state index in [9.17, 15) is 18.0 Å². The van der Waals surface area contributed by atoms with Crippen molar-refractivity contribution < 1.29 is 18.0 Å². The SMILES string of the molecule is Cc1nc(NCCCN(C)C)ccc1NC1=NC23N=CC=C(C(F)(F)F)C=C2CC(=O)CC3=CN1. The van der Waals surface area contributed by atoms with E-state index in [2.05, 4.69) is 35.8 Å². The molecule has 0 aromatic carbocycles. The third kappa shape index (κ3) is 5.45. The number of carbonyl (C=O) groups is 1. The van der Waals surface area contributed by atoms with Crippen LogP contribution in [0.2, 0.25) is 0 Å². The molecule has 186 valence electrons. The zero-order valence-electron chi connectivity index (χ0n) is 19.8. The van der Waals surface area contributed by atoms with Crippen molar-refractivity contribution in [1.29, 1.82) is 0 Å². The summed E-state index contributed by atoms with van der Waals surface area (Å²) in [7, 11) is 4.05. The summed E-state index contributed by atoms with van der Waals surface area (Å²) < 4.78 is 40.3. The highest BCUT2D eigenvalue weighted by Crippen LogP contribution is 2.44. The molecular formula is C24H28F3N7O. The molecule has 0 amide bonds. The van der Waals surface area contributed by atoms with Gasteiger partial charge in [0, 0.05) is 37.4 Å². The van der Waals surface area contributed by atoms with E-state index < -0.39 is 17.4 Å². The van der Waals surface area contributed by atoms with Crippen LogP contribution in [-0.4, -0.2) is 66.9 Å². The van der Waals surface area contributed by atoms with E-state index in [1.54, 1.807) is 6.20 Å². The predicted octanol–water partition coefficient (Wildman–Crippen LogP) is 3.57. The van der Waals surface area contributed by atoms with Gasteiger partial charge < -0.3 is 20.9 Å². The van der Waals surface area contributed by atoms with Crippen molar-refractivity contribution >= 4 is 29.5 Å². The summed E-state index contributed by atoms with van der Waals surface area (Å²) in [6, 6.07) is 3.71. The number of aliphatic imine (C=N–C) groups is 2. The molecule has 1 unspecified atom stereocenters. The van der Waals surface area contributed by atoms with Crippen LogP contribution >= 0.6 is 0 Å². The molecule has 11 heteroatoms. The van der Waals surface area contributed by atoms with E-state index in [1.165, 1.54) is 0 Å². The second kappa shape index (κ2) is 9.65. The van der Waals surface area contributed by atoms with Gasteiger partial charge in [0.25, 0.3) is 0 Å². The van der Waals surface area contributed by atoms with Crippen molar-refractivity contribution in [2.24, 2.45) is 9.98 Å². The Morgan fingerprint density at radius 2 is 1.97 bits per heavy atom. The Kier molecular flexibility index (Phi) is 6.79. The summed E-state index contributed by atoms with van der Waals surface area (Å²) >= 11 is 0. The van der Waals surface area contributed by atoms with Crippen LogP contribution in [0.25, 0.3) is 0 Å². The van der Waals surface area contributed by atoms with Crippen molar-refractivity contribution in [3.63, 3.8) is 0 Å². The van der Waals surface area contributed by atoms with Gasteiger partial charge in [-0.15, -0.1) is 0 Å². The van der Waals surface area contributed by atoms with E-state index in [0.717, 1.165) is 49.4 Å². The number of hydrogen-bond acceptors (Lipinski definition) is 8. The molecule has 1 aliphatic carbocycles. The number of nitrogens with one attached hydrogen (secondary N) is 3. The van der Waals surface area contributed by atoms with E-state index in [1.807, 2.05) is 33.2 Å². The van der Waals surface area contributed by atoms with Gasteiger partial charge in [0.2, 0.25) is 5.96 Å². The van der Waals surface area contributed by atoms with E-state index in [0.29, 0.717) is 17.2 Å². The number of halogens is 3. The molecule has 2 aliphatic heterocycles. The number of rotatable bonds is 6. The first-order chi connectivity index (χ1) is 16.6. The lowest BCUT2D eigenvalue weighted by molar-refractivity contribution is -0.118. The first-order valence-electron chi connectivity index (χ1n) is 11.3. The molecule has 1 spiro atoms. The number of guanidine groups is 1. The summed E-state index contributed by atoms with van der Waals surface area (Å²) in [6.07, 6.45) is 0.958. The van der Waals surface area contributed by atoms with Crippen LogP contribution in [0.1, 0.15) is 25.0 Å². The Bertz CT molecular complexity index is 1160. The Morgan fingerprint density at radius 3 is 2.69 bits per heavy atom. The van der Waals surface area contributed by atoms with Crippen LogP contribution in [0.5, 0.6) is 0 Å². The molecule has 1 aromatic heterocycles. The van der Waals surface area contributed by atoms with E-state index in [-0.39, 0.29) is 24.2 Å². The van der Waals surface area contributed by atoms with Crippen molar-refractivity contribution in [3.8, 4) is 0 Å². The van der Waals surface area contributed by atoms with Gasteiger partial charge in [-0.1, -0.05) is 0 Å². The Morgan fingerprint density at radius 1 is 1.20 bits per heavy atom. The molecule has 1 saturated carbocycles. The second-order valence-electron chi connectivity index (χ2n) is 8.94. The van der Waals surface area contributed by atoms with Gasteiger partial charge in [0.05, 0.1) is 17.0 Å². The maximum Gasteiger partial charge on any atom is 0.416 e. The number of pyridine rings is 1. The van der Waals surface area contributed by atoms with Gasteiger partial charge in [0.1, 0.15) is 11.6 Å². The lowest BCUT2D eigenvalue weighted by Gasteiger charge is -2.37. The van der Waals surface area contributed by atoms with Gasteiger partial charge in [-0.2, -0.15) is 13.2 Å². The normalized spacial score (nSPS) is 21.6. The van der Waals surface area contributed by atoms with Gasteiger partial charge >= 0.3 is 6.18 Å². The minimum atomic E-state index is -4.56. The molecule has 0 bridgehead atoms. The molecule has 3 aliphatic rings. The number of hydrogen-bond donors (Lipinski definition) is 3. The maximum atomic E-state index is 13.4. The van der Waals surface area contributed by atoms with Crippen LogP contribution in [0.3, 0.4) is 0 Å². The zero-order chi connectivity index (χ0) is 25.2. The number of nitrogens with zero attached hydrogens (tertiary/aromatic N) is 4. The first-order valence-corrected chi connectivity index (χ1v) is 11.3. The molecular weight excluding hydrogens is 459 g/mol. The predicted molar refractivity (Wildman–Crippen MR) is 131 cm³/mol. The Labute approximate surface area is 201 Å². The number of ketones is 1. The molecule has 3 N–H and O–H groups in total. The topological polar surface area (TPSA) is 94.0 Å². The van der Waals surface area contributed by atoms with Gasteiger partial charge in [-0.3, -0.25) is 9.79 Å². The largest absolute Gasteiger partial charge is 0.416 e. The van der Waals surface area contributed by atoms with Crippen molar-refractivity contribution in [1.82, 2.24) is 15.2 Å². The maximum absolute atomic E-state index is 13.4. The lowest BCUT2D eigenvalue weighted by atomic mass is 9.79. The third-order valence-electron chi connectivity index (χ3n) is 5.93. The Hall–Kier alpha value is -3.47. The molecule has 8 nitrogen and oxygen atoms in total. The lowest BCUT2D eigenvalue weighted by Crippen LogP contribution is -2.44. The molecule has 1 atom stereocenters. The molecule has 4 rings (SSSR count). The fraction of sp³-hybridized carbons (Fsp3) is 0.417. The highest BCUT2D eigenvalue weighted by molar-refractivity contribution is 5.98.